The number of aromatic nitrogens is 2. The molecule has 1 aromatic heterocycles. The van der Waals surface area contributed by atoms with E-state index in [1.165, 1.54) is 0 Å². The molecule has 0 aliphatic heterocycles. The van der Waals surface area contributed by atoms with Gasteiger partial charge in [0.15, 0.2) is 0 Å². The predicted octanol–water partition coefficient (Wildman–Crippen LogP) is 2.20. The average molecular weight is 315 g/mol. The summed E-state index contributed by atoms with van der Waals surface area (Å²) in [5.74, 6) is 0.575. The van der Waals surface area contributed by atoms with Gasteiger partial charge in [-0.15, -0.1) is 0 Å². The van der Waals surface area contributed by atoms with E-state index in [0.717, 1.165) is 25.7 Å². The largest absolute Gasteiger partial charge is 0.488 e. The van der Waals surface area contributed by atoms with E-state index in [2.05, 4.69) is 10.4 Å². The van der Waals surface area contributed by atoms with Gasteiger partial charge >= 0.3 is 0 Å². The molecule has 1 amide bonds. The smallest absolute Gasteiger partial charge is 0.246 e. The van der Waals surface area contributed by atoms with Gasteiger partial charge in [-0.1, -0.05) is 6.42 Å². The lowest BCUT2D eigenvalue weighted by molar-refractivity contribution is -0.116. The van der Waals surface area contributed by atoms with Crippen LogP contribution in [0.25, 0.3) is 0 Å². The number of anilines is 1. The summed E-state index contributed by atoms with van der Waals surface area (Å²) in [7, 11) is 0. The van der Waals surface area contributed by atoms with Gasteiger partial charge in [0, 0.05) is 18.1 Å². The lowest BCUT2D eigenvalue weighted by Crippen LogP contribution is -2.34. The van der Waals surface area contributed by atoms with E-state index in [-0.39, 0.29) is 18.6 Å². The Morgan fingerprint density at radius 2 is 2.09 bits per heavy atom. The first-order chi connectivity index (χ1) is 11.2. The van der Waals surface area contributed by atoms with Crippen molar-refractivity contribution in [3.8, 4) is 5.75 Å². The molecule has 122 valence electrons. The van der Waals surface area contributed by atoms with Gasteiger partial charge in [0.2, 0.25) is 5.91 Å². The van der Waals surface area contributed by atoms with Gasteiger partial charge in [-0.25, -0.2) is 0 Å². The number of amides is 1. The lowest BCUT2D eigenvalue weighted by atomic mass is 9.95. The number of carbonyl (C=O) groups excluding carboxylic acids is 1. The molecule has 2 aromatic rings. The number of aliphatic hydroxyl groups excluding tert-OH is 1. The number of aliphatic hydroxyl groups is 1. The van der Waals surface area contributed by atoms with E-state index in [4.69, 9.17) is 4.74 Å². The number of rotatable bonds is 5. The highest BCUT2D eigenvalue weighted by Gasteiger charge is 2.24. The second kappa shape index (κ2) is 7.28. The summed E-state index contributed by atoms with van der Waals surface area (Å²) in [4.78, 5) is 11.9. The van der Waals surface area contributed by atoms with Gasteiger partial charge in [-0.2, -0.15) is 5.10 Å². The lowest BCUT2D eigenvalue weighted by Gasteiger charge is -2.28. The number of hydrogen-bond donors (Lipinski definition) is 2. The Morgan fingerprint density at radius 1 is 1.30 bits per heavy atom. The van der Waals surface area contributed by atoms with E-state index < -0.39 is 6.10 Å². The third-order valence-electron chi connectivity index (χ3n) is 3.96. The number of nitrogens with zero attached hydrogens (tertiary/aromatic N) is 2. The average Bonchev–Trinajstić information content (AvgIpc) is 3.04. The molecule has 6 heteroatoms. The van der Waals surface area contributed by atoms with Crippen LogP contribution in [0.15, 0.2) is 42.7 Å². The van der Waals surface area contributed by atoms with Crippen molar-refractivity contribution in [1.82, 2.24) is 9.78 Å². The number of hydrogen-bond acceptors (Lipinski definition) is 4. The third kappa shape index (κ3) is 4.32. The molecule has 0 unspecified atom stereocenters. The SMILES string of the molecule is O=C(Cn1cccn1)Nc1ccc(O[C@H]2CCCC[C@@H]2O)cc1. The zero-order valence-corrected chi connectivity index (χ0v) is 12.9. The molecule has 6 nitrogen and oxygen atoms in total. The highest BCUT2D eigenvalue weighted by molar-refractivity contribution is 5.90. The summed E-state index contributed by atoms with van der Waals surface area (Å²) in [5.41, 5.74) is 0.707. The Labute approximate surface area is 135 Å². The number of ether oxygens (including phenoxy) is 1. The molecule has 1 fully saturated rings. The van der Waals surface area contributed by atoms with Crippen LogP contribution in [-0.4, -0.2) is 33.0 Å². The zero-order chi connectivity index (χ0) is 16.1. The summed E-state index contributed by atoms with van der Waals surface area (Å²) in [5, 5.41) is 16.7. The van der Waals surface area contributed by atoms with Gasteiger partial charge in [-0.05, 0) is 49.6 Å². The fourth-order valence-electron chi connectivity index (χ4n) is 2.75. The molecule has 2 N–H and O–H groups in total. The summed E-state index contributed by atoms with van der Waals surface area (Å²) in [6.07, 6.45) is 6.67. The molecule has 0 bridgehead atoms. The summed E-state index contributed by atoms with van der Waals surface area (Å²) < 4.78 is 7.40. The van der Waals surface area contributed by atoms with Crippen LogP contribution >= 0.6 is 0 Å². The van der Waals surface area contributed by atoms with Crippen LogP contribution in [0.5, 0.6) is 5.75 Å². The summed E-state index contributed by atoms with van der Waals surface area (Å²) in [6.45, 7) is 0.180. The summed E-state index contributed by atoms with van der Waals surface area (Å²) in [6, 6.07) is 8.99. The Hall–Kier alpha value is -2.34. The fourth-order valence-corrected chi connectivity index (χ4v) is 2.75. The zero-order valence-electron chi connectivity index (χ0n) is 12.9. The minimum Gasteiger partial charge on any atom is -0.488 e. The van der Waals surface area contributed by atoms with Crippen molar-refractivity contribution in [2.75, 3.05) is 5.32 Å². The van der Waals surface area contributed by atoms with Gasteiger partial charge in [-0.3, -0.25) is 9.48 Å². The topological polar surface area (TPSA) is 76.4 Å². The highest BCUT2D eigenvalue weighted by atomic mass is 16.5. The minimum absolute atomic E-state index is 0.134. The minimum atomic E-state index is -0.391. The molecule has 0 saturated heterocycles. The van der Waals surface area contributed by atoms with Crippen molar-refractivity contribution in [2.24, 2.45) is 0 Å². The predicted molar refractivity (Wildman–Crippen MR) is 86.2 cm³/mol. The first-order valence-corrected chi connectivity index (χ1v) is 7.93. The van der Waals surface area contributed by atoms with Crippen molar-refractivity contribution >= 4 is 11.6 Å². The van der Waals surface area contributed by atoms with Crippen molar-refractivity contribution in [2.45, 2.75) is 44.4 Å². The van der Waals surface area contributed by atoms with Crippen molar-refractivity contribution in [3.63, 3.8) is 0 Å². The van der Waals surface area contributed by atoms with Gasteiger partial charge in [0.25, 0.3) is 0 Å². The molecule has 1 saturated carbocycles. The van der Waals surface area contributed by atoms with Crippen LogP contribution in [0.3, 0.4) is 0 Å². The second-order valence-corrected chi connectivity index (χ2v) is 5.78. The maximum atomic E-state index is 11.9. The van der Waals surface area contributed by atoms with Crippen LogP contribution in [0.2, 0.25) is 0 Å². The van der Waals surface area contributed by atoms with Gasteiger partial charge in [0.05, 0.1) is 6.10 Å². The molecule has 1 heterocycles. The Morgan fingerprint density at radius 3 is 2.78 bits per heavy atom. The standard InChI is InChI=1S/C17H21N3O3/c21-15-4-1-2-5-16(15)23-14-8-6-13(7-9-14)19-17(22)12-20-11-3-10-18-20/h3,6-11,15-16,21H,1-2,4-5,12H2,(H,19,22)/t15-,16-/m0/s1. The molecule has 3 rings (SSSR count). The third-order valence-corrected chi connectivity index (χ3v) is 3.96. The van der Waals surface area contributed by atoms with Crippen LogP contribution in [0.1, 0.15) is 25.7 Å². The van der Waals surface area contributed by atoms with Crippen LogP contribution in [0, 0.1) is 0 Å². The van der Waals surface area contributed by atoms with E-state index in [0.29, 0.717) is 11.4 Å². The van der Waals surface area contributed by atoms with Crippen molar-refractivity contribution < 1.29 is 14.6 Å². The molecular weight excluding hydrogens is 294 g/mol. The maximum absolute atomic E-state index is 11.9. The van der Waals surface area contributed by atoms with Gasteiger partial charge in [0.1, 0.15) is 18.4 Å². The molecule has 1 aliphatic rings. The van der Waals surface area contributed by atoms with E-state index >= 15 is 0 Å². The molecular formula is C17H21N3O3. The second-order valence-electron chi connectivity index (χ2n) is 5.78. The van der Waals surface area contributed by atoms with Crippen molar-refractivity contribution in [1.29, 1.82) is 0 Å². The van der Waals surface area contributed by atoms with E-state index in [1.807, 2.05) is 12.1 Å². The molecule has 2 atom stereocenters. The fraction of sp³-hybridized carbons (Fsp3) is 0.412. The summed E-state index contributed by atoms with van der Waals surface area (Å²) >= 11 is 0. The van der Waals surface area contributed by atoms with Gasteiger partial charge < -0.3 is 15.2 Å². The molecule has 1 aromatic carbocycles. The van der Waals surface area contributed by atoms with Crippen LogP contribution < -0.4 is 10.1 Å². The van der Waals surface area contributed by atoms with Crippen molar-refractivity contribution in [3.05, 3.63) is 42.7 Å². The Balaban J connectivity index is 1.53. The highest BCUT2D eigenvalue weighted by Crippen LogP contribution is 2.24. The molecule has 0 spiro atoms. The van der Waals surface area contributed by atoms with Crippen LogP contribution in [0.4, 0.5) is 5.69 Å². The number of nitrogens with one attached hydrogen (secondary N) is 1. The Kier molecular flexibility index (Phi) is 4.92. The Bertz CT molecular complexity index is 625. The monoisotopic (exact) mass is 315 g/mol. The normalized spacial score (nSPS) is 20.9. The first kappa shape index (κ1) is 15.6. The van der Waals surface area contributed by atoms with Crippen LogP contribution in [-0.2, 0) is 11.3 Å². The van der Waals surface area contributed by atoms with E-state index in [1.54, 1.807) is 35.3 Å². The quantitative estimate of drug-likeness (QED) is 0.887. The maximum Gasteiger partial charge on any atom is 0.246 e. The first-order valence-electron chi connectivity index (χ1n) is 7.93. The molecule has 1 aliphatic carbocycles. The molecule has 0 radical (unpaired) electrons. The number of carbonyl (C=O) groups is 1. The molecule has 23 heavy (non-hydrogen) atoms. The van der Waals surface area contributed by atoms with E-state index in [9.17, 15) is 9.90 Å². The number of benzene rings is 1.